The van der Waals surface area contributed by atoms with Crippen molar-refractivity contribution in [2.24, 2.45) is 10.5 Å². The number of carboxylic acids is 1. The van der Waals surface area contributed by atoms with Crippen molar-refractivity contribution in [3.63, 3.8) is 0 Å². The van der Waals surface area contributed by atoms with Crippen LogP contribution in [-0.2, 0) is 4.79 Å². The van der Waals surface area contributed by atoms with E-state index in [0.717, 1.165) is 47.4 Å². The van der Waals surface area contributed by atoms with E-state index in [1.807, 2.05) is 38.1 Å². The van der Waals surface area contributed by atoms with E-state index in [9.17, 15) is 9.59 Å². The van der Waals surface area contributed by atoms with Crippen LogP contribution in [-0.4, -0.2) is 27.9 Å². The highest BCUT2D eigenvalue weighted by Gasteiger charge is 2.42. The molecule has 2 aliphatic carbocycles. The molecule has 1 amide bonds. The number of anilines is 2. The Kier molecular flexibility index (Phi) is 12.1. The van der Waals surface area contributed by atoms with E-state index in [-0.39, 0.29) is 5.41 Å². The molecule has 0 bridgehead atoms. The van der Waals surface area contributed by atoms with Gasteiger partial charge in [-0.2, -0.15) is 0 Å². The number of azide groups is 1. The average Bonchev–Trinajstić information content (AvgIpc) is 3.66. The van der Waals surface area contributed by atoms with Crippen molar-refractivity contribution >= 4 is 46.4 Å². The van der Waals surface area contributed by atoms with Crippen molar-refractivity contribution in [1.29, 1.82) is 0 Å². The number of hydrogen-bond acceptors (Lipinski definition) is 4. The minimum Gasteiger partial charge on any atom is -0.481 e. The standard InChI is InChI=1S/C35H38N4OS.C4H8O2/c1-5-23(3)29(6-2)35(19-8-7-9-20-35)33(41)18-14-25-13-16-32-28(22-25)27-11-10-12-31(27)39(32)30-17-15-26(21-24(30)4)34(40)37-38-36;1-2-3-4(5)6/h5-6,13-18,21-22,27,31H,1-2,7-12,19-20H2,3-4H3;2-3H2,1H3,(H,5,6)/b18-14+,29-23+;. The summed E-state index contributed by atoms with van der Waals surface area (Å²) in [5.74, 6) is -0.788. The lowest BCUT2D eigenvalue weighted by atomic mass is 9.65. The van der Waals surface area contributed by atoms with Gasteiger partial charge in [0.1, 0.15) is 0 Å². The molecule has 8 heteroatoms. The number of amides is 1. The molecule has 47 heavy (non-hydrogen) atoms. The molecule has 3 aliphatic rings. The van der Waals surface area contributed by atoms with Gasteiger partial charge in [-0.3, -0.25) is 9.59 Å². The maximum Gasteiger partial charge on any atom is 0.303 e. The second-order valence-corrected chi connectivity index (χ2v) is 13.2. The fourth-order valence-electron chi connectivity index (χ4n) is 7.64. The topological polar surface area (TPSA) is 106 Å². The molecule has 2 aromatic rings. The van der Waals surface area contributed by atoms with Crippen molar-refractivity contribution in [1.82, 2.24) is 0 Å². The van der Waals surface area contributed by atoms with Crippen molar-refractivity contribution in [3.05, 3.63) is 112 Å². The zero-order valence-corrected chi connectivity index (χ0v) is 28.7. The number of carbonyl (C=O) groups excluding carboxylic acids is 1. The van der Waals surface area contributed by atoms with Crippen LogP contribution in [0.25, 0.3) is 16.5 Å². The van der Waals surface area contributed by atoms with Gasteiger partial charge in [0.15, 0.2) is 0 Å². The second kappa shape index (κ2) is 16.0. The molecule has 2 aromatic carbocycles. The van der Waals surface area contributed by atoms with E-state index in [4.69, 9.17) is 22.9 Å². The summed E-state index contributed by atoms with van der Waals surface area (Å²) in [5, 5.41) is 11.2. The van der Waals surface area contributed by atoms with E-state index in [1.54, 1.807) is 6.07 Å². The van der Waals surface area contributed by atoms with Crippen LogP contribution >= 0.6 is 12.2 Å². The van der Waals surface area contributed by atoms with Gasteiger partial charge in [0.05, 0.1) is 0 Å². The quantitative estimate of drug-likeness (QED) is 0.0687. The summed E-state index contributed by atoms with van der Waals surface area (Å²) in [4.78, 5) is 27.8. The number of carboxylic acid groups (broad SMARTS) is 1. The Hall–Kier alpha value is -4.26. The Bertz CT molecular complexity index is 1660. The van der Waals surface area contributed by atoms with Gasteiger partial charge >= 0.3 is 5.97 Å². The number of thiocarbonyl (C=S) groups is 1. The predicted molar refractivity (Wildman–Crippen MR) is 196 cm³/mol. The summed E-state index contributed by atoms with van der Waals surface area (Å²) in [6.07, 6.45) is 18.5. The lowest BCUT2D eigenvalue weighted by Crippen LogP contribution is -2.33. The maximum atomic E-state index is 12.1. The third-order valence-corrected chi connectivity index (χ3v) is 10.4. The Morgan fingerprint density at radius 1 is 1.09 bits per heavy atom. The van der Waals surface area contributed by atoms with Crippen LogP contribution in [0.4, 0.5) is 11.4 Å². The molecule has 2 unspecified atom stereocenters. The molecular formula is C39H46N4O3S. The summed E-state index contributed by atoms with van der Waals surface area (Å²) in [5.41, 5.74) is 17.2. The molecule has 1 aliphatic heterocycles. The number of allylic oxidation sites excluding steroid dienone is 5. The molecule has 2 saturated carbocycles. The molecule has 2 fully saturated rings. The van der Waals surface area contributed by atoms with Crippen molar-refractivity contribution in [3.8, 4) is 0 Å². The van der Waals surface area contributed by atoms with E-state index in [2.05, 4.69) is 65.4 Å². The van der Waals surface area contributed by atoms with Gasteiger partial charge in [-0.1, -0.05) is 82.3 Å². The molecule has 5 rings (SSSR count). The Morgan fingerprint density at radius 2 is 1.81 bits per heavy atom. The first-order valence-corrected chi connectivity index (χ1v) is 17.1. The minimum absolute atomic E-state index is 0.155. The monoisotopic (exact) mass is 650 g/mol. The van der Waals surface area contributed by atoms with Crippen molar-refractivity contribution in [2.45, 2.75) is 96.9 Å². The van der Waals surface area contributed by atoms with Crippen LogP contribution in [0.3, 0.4) is 0 Å². The van der Waals surface area contributed by atoms with Crippen LogP contribution in [0, 0.1) is 12.3 Å². The normalized spacial score (nSPS) is 19.8. The Balaban J connectivity index is 0.000000762. The van der Waals surface area contributed by atoms with Crippen molar-refractivity contribution < 1.29 is 14.7 Å². The molecule has 246 valence electrons. The van der Waals surface area contributed by atoms with Crippen LogP contribution < -0.4 is 4.90 Å². The van der Waals surface area contributed by atoms with Gasteiger partial charge in [-0.25, -0.2) is 0 Å². The molecule has 0 aromatic heterocycles. The van der Waals surface area contributed by atoms with Gasteiger partial charge < -0.3 is 10.0 Å². The highest BCUT2D eigenvalue weighted by atomic mass is 32.1. The van der Waals surface area contributed by atoms with Crippen LogP contribution in [0.2, 0.25) is 0 Å². The molecule has 1 N–H and O–H groups in total. The number of aryl methyl sites for hydroxylation is 1. The molecular weight excluding hydrogens is 605 g/mol. The Morgan fingerprint density at radius 3 is 2.40 bits per heavy atom. The van der Waals surface area contributed by atoms with Crippen LogP contribution in [0.15, 0.2) is 84.0 Å². The van der Waals surface area contributed by atoms with Crippen LogP contribution in [0.5, 0.6) is 0 Å². The van der Waals surface area contributed by atoms with E-state index in [0.29, 0.717) is 23.9 Å². The fourth-order valence-corrected chi connectivity index (χ4v) is 8.02. The number of rotatable bonds is 10. The van der Waals surface area contributed by atoms with E-state index in [1.165, 1.54) is 54.5 Å². The number of fused-ring (bicyclic) bond motifs is 3. The zero-order valence-electron chi connectivity index (χ0n) is 27.9. The first-order valence-electron chi connectivity index (χ1n) is 16.7. The average molecular weight is 651 g/mol. The number of aliphatic carboxylic acids is 1. The summed E-state index contributed by atoms with van der Waals surface area (Å²) in [7, 11) is 0. The van der Waals surface area contributed by atoms with E-state index >= 15 is 0 Å². The Labute approximate surface area is 284 Å². The molecule has 7 nitrogen and oxygen atoms in total. The lowest BCUT2D eigenvalue weighted by molar-refractivity contribution is -0.137. The van der Waals surface area contributed by atoms with Gasteiger partial charge in [-0.05, 0) is 121 Å². The van der Waals surface area contributed by atoms with Gasteiger partial charge in [-0.15, -0.1) is 0 Å². The molecule has 0 saturated heterocycles. The summed E-state index contributed by atoms with van der Waals surface area (Å²) in [6, 6.07) is 12.8. The van der Waals surface area contributed by atoms with Crippen LogP contribution in [0.1, 0.15) is 111 Å². The number of carbonyl (C=O) groups is 2. The first kappa shape index (κ1) is 35.6. The first-order chi connectivity index (χ1) is 22.6. The predicted octanol–water partition coefficient (Wildman–Crippen LogP) is 11.1. The molecule has 1 heterocycles. The molecule has 0 spiro atoms. The summed E-state index contributed by atoms with van der Waals surface area (Å²) in [6.45, 7) is 14.1. The highest BCUT2D eigenvalue weighted by Crippen LogP contribution is 2.53. The maximum absolute atomic E-state index is 12.1. The van der Waals surface area contributed by atoms with Crippen molar-refractivity contribution in [2.75, 3.05) is 4.90 Å². The van der Waals surface area contributed by atoms with Gasteiger partial charge in [0.2, 0.25) is 5.91 Å². The van der Waals surface area contributed by atoms with Gasteiger partial charge in [0.25, 0.3) is 0 Å². The smallest absolute Gasteiger partial charge is 0.303 e. The number of hydrogen-bond donors (Lipinski definition) is 1. The number of nitrogens with zero attached hydrogens (tertiary/aromatic N) is 4. The molecule has 0 radical (unpaired) electrons. The second-order valence-electron chi connectivity index (χ2n) is 12.8. The fraction of sp³-hybridized carbons (Fsp3) is 0.410. The van der Waals surface area contributed by atoms with Gasteiger partial charge in [0, 0.05) is 50.5 Å². The summed E-state index contributed by atoms with van der Waals surface area (Å²) < 4.78 is 0. The minimum atomic E-state index is -0.711. The SMILES string of the molecule is C=C/C(C)=C(\C=C)C1(C(=S)/C=C/c2ccc3c(c2)C2CCCC2N3c2ccc(C(=O)N=[N+]=[N-])cc2C)CCCCC1.CCCC(=O)O. The largest absolute Gasteiger partial charge is 0.481 e. The number of benzene rings is 2. The lowest BCUT2D eigenvalue weighted by Gasteiger charge is -2.39. The van der Waals surface area contributed by atoms with E-state index < -0.39 is 11.9 Å². The third kappa shape index (κ3) is 7.66. The summed E-state index contributed by atoms with van der Waals surface area (Å²) >= 11 is 6.15. The highest BCUT2D eigenvalue weighted by molar-refractivity contribution is 7.80. The molecule has 2 atom stereocenters. The zero-order chi connectivity index (χ0) is 34.1. The third-order valence-electron chi connectivity index (χ3n) is 9.88.